The van der Waals surface area contributed by atoms with E-state index < -0.39 is 11.3 Å². The maximum Gasteiger partial charge on any atom is 0.272 e. The Morgan fingerprint density at radius 3 is 2.87 bits per heavy atom. The molecule has 0 aliphatic carbocycles. The highest BCUT2D eigenvalue weighted by Gasteiger charge is 2.23. The molecule has 1 saturated heterocycles. The van der Waals surface area contributed by atoms with Gasteiger partial charge in [-0.2, -0.15) is 4.98 Å². The summed E-state index contributed by atoms with van der Waals surface area (Å²) in [5.74, 6) is 5.34. The molecule has 10 heteroatoms. The third-order valence-corrected chi connectivity index (χ3v) is 6.67. The van der Waals surface area contributed by atoms with Crippen molar-refractivity contribution in [1.82, 2.24) is 24.7 Å². The zero-order valence-corrected chi connectivity index (χ0v) is 17.3. The number of hydrazine groups is 1. The van der Waals surface area contributed by atoms with Gasteiger partial charge >= 0.3 is 0 Å². The number of benzene rings is 1. The topological polar surface area (TPSA) is 109 Å². The molecule has 4 aromatic rings. The maximum absolute atomic E-state index is 13.2. The van der Waals surface area contributed by atoms with Gasteiger partial charge in [0.25, 0.3) is 5.91 Å². The van der Waals surface area contributed by atoms with Crippen molar-refractivity contribution >= 4 is 49.3 Å². The van der Waals surface area contributed by atoms with Gasteiger partial charge in [-0.05, 0) is 32.1 Å². The number of nitrogens with zero attached hydrogens (tertiary/aromatic N) is 5. The van der Waals surface area contributed by atoms with Crippen LogP contribution in [0.25, 0.3) is 26.1 Å². The number of thiazole rings is 1. The molecule has 3 N–H and O–H groups in total. The number of amides is 1. The second-order valence-corrected chi connectivity index (χ2v) is 8.47. The van der Waals surface area contributed by atoms with Gasteiger partial charge in [0, 0.05) is 25.8 Å². The van der Waals surface area contributed by atoms with Crippen LogP contribution < -0.4 is 21.6 Å². The van der Waals surface area contributed by atoms with Crippen LogP contribution in [-0.4, -0.2) is 58.4 Å². The van der Waals surface area contributed by atoms with Gasteiger partial charge < -0.3 is 9.80 Å². The average molecular weight is 424 g/mol. The highest BCUT2D eigenvalue weighted by Crippen LogP contribution is 2.30. The fourth-order valence-corrected chi connectivity index (χ4v) is 5.14. The van der Waals surface area contributed by atoms with Gasteiger partial charge in [-0.3, -0.25) is 19.4 Å². The van der Waals surface area contributed by atoms with E-state index in [2.05, 4.69) is 27.3 Å². The van der Waals surface area contributed by atoms with Gasteiger partial charge in [-0.1, -0.05) is 12.1 Å². The van der Waals surface area contributed by atoms with E-state index in [0.29, 0.717) is 21.8 Å². The first-order chi connectivity index (χ1) is 14.6. The molecule has 1 aliphatic rings. The first-order valence-corrected chi connectivity index (χ1v) is 10.6. The molecule has 0 spiro atoms. The number of carbonyl (C=O) groups excluding carboxylic acids is 1. The summed E-state index contributed by atoms with van der Waals surface area (Å²) < 4.78 is 2.82. The SMILES string of the molecule is CN1CCCN(c2ncc3c(=O)c(C(=O)NN)c4sc5ccccc5n4c3n2)CC1. The number of carbonyl (C=O) groups is 1. The molecule has 3 aromatic heterocycles. The van der Waals surface area contributed by atoms with Crippen LogP contribution in [0, 0.1) is 0 Å². The van der Waals surface area contributed by atoms with Crippen LogP contribution in [0.4, 0.5) is 5.95 Å². The predicted octanol–water partition coefficient (Wildman–Crippen LogP) is 1.20. The summed E-state index contributed by atoms with van der Waals surface area (Å²) in [5.41, 5.74) is 3.08. The number of aromatic nitrogens is 3. The first-order valence-electron chi connectivity index (χ1n) is 9.76. The van der Waals surface area contributed by atoms with Crippen molar-refractivity contribution in [3.05, 3.63) is 46.2 Å². The number of para-hydroxylation sites is 1. The van der Waals surface area contributed by atoms with Crippen molar-refractivity contribution in [2.24, 2.45) is 5.84 Å². The summed E-state index contributed by atoms with van der Waals surface area (Å²) >= 11 is 1.37. The van der Waals surface area contributed by atoms with Crippen LogP contribution in [-0.2, 0) is 0 Å². The lowest BCUT2D eigenvalue weighted by Crippen LogP contribution is -2.34. The molecule has 0 atom stereocenters. The lowest BCUT2D eigenvalue weighted by atomic mass is 10.2. The molecule has 9 nitrogen and oxygen atoms in total. The molecular weight excluding hydrogens is 402 g/mol. The van der Waals surface area contributed by atoms with E-state index in [9.17, 15) is 9.59 Å². The number of nitrogens with two attached hydrogens (primary N) is 1. The number of anilines is 1. The number of nitrogens with one attached hydrogen (secondary N) is 1. The Labute approximate surface area is 175 Å². The van der Waals surface area contributed by atoms with Crippen LogP contribution in [0.15, 0.2) is 35.3 Å². The standard InChI is InChI=1S/C20H21N7O2S/c1-25-7-4-8-26(10-9-25)20-22-11-12-16(28)15(18(29)24-21)19-27(17(12)23-20)13-5-2-3-6-14(13)30-19/h2-3,5-6,11H,4,7-10,21H2,1H3,(H,24,29). The molecule has 0 bridgehead atoms. The van der Waals surface area contributed by atoms with Crippen LogP contribution in [0.1, 0.15) is 16.8 Å². The average Bonchev–Trinajstić information content (AvgIpc) is 3.00. The number of pyridine rings is 1. The first kappa shape index (κ1) is 18.9. The van der Waals surface area contributed by atoms with Gasteiger partial charge in [-0.15, -0.1) is 11.3 Å². The monoisotopic (exact) mass is 423 g/mol. The van der Waals surface area contributed by atoms with E-state index in [1.165, 1.54) is 17.5 Å². The van der Waals surface area contributed by atoms with E-state index in [1.54, 1.807) is 0 Å². The van der Waals surface area contributed by atoms with Crippen molar-refractivity contribution in [3.8, 4) is 0 Å². The Balaban J connectivity index is 1.82. The van der Waals surface area contributed by atoms with E-state index >= 15 is 0 Å². The largest absolute Gasteiger partial charge is 0.339 e. The van der Waals surface area contributed by atoms with Crippen molar-refractivity contribution < 1.29 is 4.79 Å². The molecule has 1 aliphatic heterocycles. The molecule has 1 fully saturated rings. The summed E-state index contributed by atoms with van der Waals surface area (Å²) in [4.78, 5) is 39.9. The molecule has 154 valence electrons. The third-order valence-electron chi connectivity index (χ3n) is 5.53. The van der Waals surface area contributed by atoms with Crippen molar-refractivity contribution in [2.45, 2.75) is 6.42 Å². The Morgan fingerprint density at radius 1 is 1.20 bits per heavy atom. The Bertz CT molecular complexity index is 1350. The molecular formula is C20H21N7O2S. The highest BCUT2D eigenvalue weighted by molar-refractivity contribution is 7.24. The summed E-state index contributed by atoms with van der Waals surface area (Å²) in [7, 11) is 2.11. The predicted molar refractivity (Wildman–Crippen MR) is 118 cm³/mol. The van der Waals surface area contributed by atoms with Gasteiger partial charge in [0.05, 0.1) is 15.6 Å². The Morgan fingerprint density at radius 2 is 2.03 bits per heavy atom. The molecule has 1 aromatic carbocycles. The lowest BCUT2D eigenvalue weighted by molar-refractivity contribution is 0.0954. The zero-order valence-electron chi connectivity index (χ0n) is 16.5. The van der Waals surface area contributed by atoms with E-state index in [4.69, 9.17) is 10.8 Å². The van der Waals surface area contributed by atoms with Gasteiger partial charge in [-0.25, -0.2) is 10.8 Å². The third kappa shape index (κ3) is 2.92. The second-order valence-electron chi connectivity index (χ2n) is 7.44. The molecule has 5 rings (SSSR count). The number of hydrogen-bond acceptors (Lipinski definition) is 8. The van der Waals surface area contributed by atoms with Gasteiger partial charge in [0.1, 0.15) is 10.4 Å². The molecule has 30 heavy (non-hydrogen) atoms. The number of hydrogen-bond donors (Lipinski definition) is 2. The summed E-state index contributed by atoms with van der Waals surface area (Å²) in [6.45, 7) is 3.62. The van der Waals surface area contributed by atoms with Crippen molar-refractivity contribution in [1.29, 1.82) is 0 Å². The van der Waals surface area contributed by atoms with Crippen LogP contribution in [0.5, 0.6) is 0 Å². The fourth-order valence-electron chi connectivity index (χ4n) is 3.96. The van der Waals surface area contributed by atoms with Crippen molar-refractivity contribution in [3.63, 3.8) is 0 Å². The van der Waals surface area contributed by atoms with Crippen LogP contribution in [0.3, 0.4) is 0 Å². The minimum absolute atomic E-state index is 0.0129. The molecule has 0 radical (unpaired) electrons. The van der Waals surface area contributed by atoms with E-state index in [-0.39, 0.29) is 5.56 Å². The normalized spacial score (nSPS) is 15.7. The van der Waals surface area contributed by atoms with Gasteiger partial charge in [0.15, 0.2) is 5.65 Å². The quantitative estimate of drug-likeness (QED) is 0.283. The summed E-state index contributed by atoms with van der Waals surface area (Å²) in [6, 6.07) is 7.76. The highest BCUT2D eigenvalue weighted by atomic mass is 32.1. The molecule has 1 amide bonds. The van der Waals surface area contributed by atoms with E-state index in [1.807, 2.05) is 28.7 Å². The number of likely N-dealkylation sites (N-methyl/N-ethyl adjacent to an activating group) is 1. The van der Waals surface area contributed by atoms with Crippen molar-refractivity contribution in [2.75, 3.05) is 38.1 Å². The maximum atomic E-state index is 13.2. The Hall–Kier alpha value is -3.08. The Kier molecular flexibility index (Phi) is 4.61. The summed E-state index contributed by atoms with van der Waals surface area (Å²) in [5, 5.41) is 0.297. The summed E-state index contributed by atoms with van der Waals surface area (Å²) in [6.07, 6.45) is 2.55. The number of nitrogen functional groups attached to an aromatic ring is 1. The van der Waals surface area contributed by atoms with E-state index in [0.717, 1.165) is 42.8 Å². The smallest absolute Gasteiger partial charge is 0.272 e. The fraction of sp³-hybridized carbons (Fsp3) is 0.300. The minimum Gasteiger partial charge on any atom is -0.339 e. The van der Waals surface area contributed by atoms with Gasteiger partial charge in [0.2, 0.25) is 11.4 Å². The van der Waals surface area contributed by atoms with Crippen LogP contribution >= 0.6 is 11.3 Å². The lowest BCUT2D eigenvalue weighted by Gasteiger charge is -2.20. The molecule has 0 saturated carbocycles. The second kappa shape index (κ2) is 7.31. The van der Waals surface area contributed by atoms with Crippen LogP contribution in [0.2, 0.25) is 0 Å². The molecule has 0 unspecified atom stereocenters. The number of fused-ring (bicyclic) bond motifs is 5. The zero-order chi connectivity index (χ0) is 20.8. The number of rotatable bonds is 2. The molecule has 4 heterocycles. The minimum atomic E-state index is -0.620.